The molecule has 1 heterocycles. The van der Waals surface area contributed by atoms with E-state index in [2.05, 4.69) is 4.98 Å². The highest BCUT2D eigenvalue weighted by molar-refractivity contribution is 7.11. The van der Waals surface area contributed by atoms with Crippen molar-refractivity contribution in [1.82, 2.24) is 4.98 Å². The van der Waals surface area contributed by atoms with Crippen molar-refractivity contribution in [2.45, 2.75) is 25.7 Å². The van der Waals surface area contributed by atoms with Gasteiger partial charge >= 0.3 is 11.9 Å². The van der Waals surface area contributed by atoms with Crippen LogP contribution in [0, 0.1) is 5.41 Å². The quantitative estimate of drug-likeness (QED) is 0.366. The first kappa shape index (κ1) is 16.8. The molecular weight excluding hydrogens is 314 g/mol. The molecule has 6 nitrogen and oxygen atoms in total. The van der Waals surface area contributed by atoms with Gasteiger partial charge in [0.25, 0.3) is 0 Å². The van der Waals surface area contributed by atoms with Crippen molar-refractivity contribution < 1.29 is 14.3 Å². The molecule has 23 heavy (non-hydrogen) atoms. The zero-order valence-corrected chi connectivity index (χ0v) is 13.4. The van der Waals surface area contributed by atoms with Crippen LogP contribution in [0.3, 0.4) is 0 Å². The molecule has 0 bridgehead atoms. The molecule has 7 heteroatoms. The lowest BCUT2D eigenvalue weighted by Crippen LogP contribution is -2.21. The number of esters is 2. The van der Waals surface area contributed by atoms with E-state index in [0.29, 0.717) is 22.7 Å². The number of carbonyl (C=O) groups excluding carboxylic acids is 2. The fourth-order valence-corrected chi connectivity index (χ4v) is 2.75. The molecule has 0 spiro atoms. The highest BCUT2D eigenvalue weighted by Crippen LogP contribution is 2.27. The lowest BCUT2D eigenvalue weighted by Gasteiger charge is -2.13. The monoisotopic (exact) mass is 331 g/mol. The number of nitrogen functional groups attached to an aromatic ring is 1. The van der Waals surface area contributed by atoms with E-state index in [9.17, 15) is 9.59 Å². The standard InChI is InChI=1S/C16H17N3O3S/c1-2-6-12(20)22-16(21)13(10-7-4-3-5-8-10)11-9-23-15(19-11)14(17)18/h3-5,7-9,13H,2,6H2,1H3,(H3,17,18). The van der Waals surface area contributed by atoms with Gasteiger partial charge in [-0.3, -0.25) is 15.0 Å². The Morgan fingerprint density at radius 2 is 2.04 bits per heavy atom. The minimum atomic E-state index is -0.818. The Morgan fingerprint density at radius 1 is 1.35 bits per heavy atom. The molecule has 0 radical (unpaired) electrons. The van der Waals surface area contributed by atoms with Gasteiger partial charge in [-0.2, -0.15) is 0 Å². The Labute approximate surface area is 137 Å². The van der Waals surface area contributed by atoms with Crippen LogP contribution < -0.4 is 5.73 Å². The van der Waals surface area contributed by atoms with E-state index in [1.165, 1.54) is 11.3 Å². The first-order chi connectivity index (χ1) is 11.0. The smallest absolute Gasteiger partial charge is 0.327 e. The number of benzene rings is 1. The number of nitrogens with two attached hydrogens (primary N) is 1. The highest BCUT2D eigenvalue weighted by Gasteiger charge is 2.28. The van der Waals surface area contributed by atoms with Gasteiger partial charge in [-0.25, -0.2) is 4.98 Å². The largest absolute Gasteiger partial charge is 0.392 e. The van der Waals surface area contributed by atoms with Crippen molar-refractivity contribution in [3.63, 3.8) is 0 Å². The molecule has 0 saturated carbocycles. The van der Waals surface area contributed by atoms with Gasteiger partial charge < -0.3 is 10.5 Å². The van der Waals surface area contributed by atoms with Gasteiger partial charge in [0, 0.05) is 11.8 Å². The second kappa shape index (κ2) is 7.64. The lowest BCUT2D eigenvalue weighted by molar-refractivity contribution is -0.160. The Bertz CT molecular complexity index is 712. The van der Waals surface area contributed by atoms with Gasteiger partial charge in [-0.15, -0.1) is 11.3 Å². The summed E-state index contributed by atoms with van der Waals surface area (Å²) in [4.78, 5) is 28.3. The summed E-state index contributed by atoms with van der Waals surface area (Å²) in [5, 5.41) is 9.41. The number of nitrogens with one attached hydrogen (secondary N) is 1. The molecule has 0 amide bonds. The molecule has 1 aromatic heterocycles. The Balaban J connectivity index is 2.33. The normalized spacial score (nSPS) is 11.7. The van der Waals surface area contributed by atoms with Gasteiger partial charge in [0.15, 0.2) is 10.8 Å². The van der Waals surface area contributed by atoms with Crippen LogP contribution >= 0.6 is 11.3 Å². The van der Waals surface area contributed by atoms with Crippen molar-refractivity contribution in [3.05, 3.63) is 52.0 Å². The Morgan fingerprint density at radius 3 is 2.61 bits per heavy atom. The third kappa shape index (κ3) is 4.23. The van der Waals surface area contributed by atoms with Gasteiger partial charge in [0.05, 0.1) is 5.69 Å². The highest BCUT2D eigenvalue weighted by atomic mass is 32.1. The molecule has 2 aromatic rings. The van der Waals surface area contributed by atoms with E-state index in [1.807, 2.05) is 13.0 Å². The summed E-state index contributed by atoms with van der Waals surface area (Å²) in [5.74, 6) is -2.21. The lowest BCUT2D eigenvalue weighted by atomic mass is 9.96. The number of ether oxygens (including phenoxy) is 1. The van der Waals surface area contributed by atoms with E-state index in [0.717, 1.165) is 0 Å². The molecule has 0 aliphatic rings. The Hall–Kier alpha value is -2.54. The van der Waals surface area contributed by atoms with Gasteiger partial charge in [-0.1, -0.05) is 37.3 Å². The maximum absolute atomic E-state index is 12.4. The third-order valence-corrected chi connectivity index (χ3v) is 3.98. The fourth-order valence-electron chi connectivity index (χ4n) is 2.04. The number of thiazole rings is 1. The number of carbonyl (C=O) groups is 2. The number of hydrogen-bond donors (Lipinski definition) is 2. The fraction of sp³-hybridized carbons (Fsp3) is 0.250. The van der Waals surface area contributed by atoms with Gasteiger partial charge in [0.1, 0.15) is 5.92 Å². The molecule has 1 unspecified atom stereocenters. The van der Waals surface area contributed by atoms with Crippen LogP contribution in [-0.4, -0.2) is 22.8 Å². The summed E-state index contributed by atoms with van der Waals surface area (Å²) in [6, 6.07) is 8.95. The van der Waals surface area contributed by atoms with E-state index in [1.54, 1.807) is 29.6 Å². The van der Waals surface area contributed by atoms with Crippen LogP contribution in [-0.2, 0) is 14.3 Å². The van der Waals surface area contributed by atoms with Crippen LogP contribution in [0.5, 0.6) is 0 Å². The molecule has 0 aliphatic carbocycles. The second-order valence-corrected chi connectivity index (χ2v) is 5.74. The molecule has 0 saturated heterocycles. The molecule has 0 fully saturated rings. The summed E-state index contributed by atoms with van der Waals surface area (Å²) < 4.78 is 4.93. The van der Waals surface area contributed by atoms with Gasteiger partial charge in [-0.05, 0) is 12.0 Å². The molecular formula is C16H17N3O3S. The van der Waals surface area contributed by atoms with Gasteiger partial charge in [0.2, 0.25) is 0 Å². The van der Waals surface area contributed by atoms with Crippen LogP contribution in [0.2, 0.25) is 0 Å². The van der Waals surface area contributed by atoms with Crippen LogP contribution in [0.25, 0.3) is 0 Å². The topological polar surface area (TPSA) is 106 Å². The summed E-state index contributed by atoms with van der Waals surface area (Å²) in [7, 11) is 0. The molecule has 3 N–H and O–H groups in total. The number of amidine groups is 1. The average Bonchev–Trinajstić information content (AvgIpc) is 2.98. The third-order valence-electron chi connectivity index (χ3n) is 3.09. The van der Waals surface area contributed by atoms with Crippen molar-refractivity contribution in [1.29, 1.82) is 5.41 Å². The Kier molecular flexibility index (Phi) is 5.59. The van der Waals surface area contributed by atoms with Crippen LogP contribution in [0.15, 0.2) is 35.7 Å². The summed E-state index contributed by atoms with van der Waals surface area (Å²) in [5.41, 5.74) is 6.51. The number of hydrogen-bond acceptors (Lipinski definition) is 6. The summed E-state index contributed by atoms with van der Waals surface area (Å²) in [6.07, 6.45) is 0.788. The number of nitrogens with zero attached hydrogens (tertiary/aromatic N) is 1. The van der Waals surface area contributed by atoms with Crippen LogP contribution in [0.1, 0.15) is 41.9 Å². The first-order valence-electron chi connectivity index (χ1n) is 7.12. The van der Waals surface area contributed by atoms with E-state index < -0.39 is 17.9 Å². The van der Waals surface area contributed by atoms with Crippen molar-refractivity contribution >= 4 is 29.1 Å². The average molecular weight is 331 g/mol. The molecule has 2 rings (SSSR count). The molecule has 1 aromatic carbocycles. The van der Waals surface area contributed by atoms with E-state index >= 15 is 0 Å². The van der Waals surface area contributed by atoms with E-state index in [4.69, 9.17) is 15.9 Å². The predicted octanol–water partition coefficient (Wildman–Crippen LogP) is 2.43. The maximum Gasteiger partial charge on any atom is 0.327 e. The predicted molar refractivity (Wildman–Crippen MR) is 87.4 cm³/mol. The number of aromatic nitrogens is 1. The summed E-state index contributed by atoms with van der Waals surface area (Å²) in [6.45, 7) is 1.83. The van der Waals surface area contributed by atoms with Crippen molar-refractivity contribution in [2.24, 2.45) is 5.73 Å². The minimum absolute atomic E-state index is 0.163. The maximum atomic E-state index is 12.4. The van der Waals surface area contributed by atoms with Crippen molar-refractivity contribution in [3.8, 4) is 0 Å². The zero-order valence-electron chi connectivity index (χ0n) is 12.6. The second-order valence-electron chi connectivity index (χ2n) is 4.88. The van der Waals surface area contributed by atoms with Crippen molar-refractivity contribution in [2.75, 3.05) is 0 Å². The zero-order chi connectivity index (χ0) is 16.8. The molecule has 1 atom stereocenters. The molecule has 120 valence electrons. The van der Waals surface area contributed by atoms with E-state index in [-0.39, 0.29) is 12.3 Å². The first-order valence-corrected chi connectivity index (χ1v) is 8.00. The SMILES string of the molecule is CCCC(=O)OC(=O)C(c1ccccc1)c1csc(C(=N)N)n1. The minimum Gasteiger partial charge on any atom is -0.392 e. The summed E-state index contributed by atoms with van der Waals surface area (Å²) >= 11 is 1.17. The number of rotatable bonds is 6. The van der Waals surface area contributed by atoms with Crippen LogP contribution in [0.4, 0.5) is 0 Å². The molecule has 0 aliphatic heterocycles.